The number of carboxylic acids is 1. The van der Waals surface area contributed by atoms with Crippen molar-refractivity contribution in [2.24, 2.45) is 0 Å². The summed E-state index contributed by atoms with van der Waals surface area (Å²) in [7, 11) is 0. The van der Waals surface area contributed by atoms with Crippen molar-refractivity contribution in [1.82, 2.24) is 4.90 Å². The molecule has 0 heterocycles. The van der Waals surface area contributed by atoms with Crippen LogP contribution in [0, 0.1) is 0 Å². The maximum Gasteiger partial charge on any atom is 0.300 e. The van der Waals surface area contributed by atoms with Crippen LogP contribution in [0.1, 0.15) is 6.92 Å². The number of aliphatic carboxylic acids is 1. The van der Waals surface area contributed by atoms with E-state index < -0.39 is 5.97 Å². The Hall–Kier alpha value is -0.690. The van der Waals surface area contributed by atoms with Gasteiger partial charge in [0.25, 0.3) is 5.97 Å². The number of aliphatic hydroxyl groups is 3. The van der Waals surface area contributed by atoms with Crippen molar-refractivity contribution < 1.29 is 25.2 Å². The van der Waals surface area contributed by atoms with Crippen molar-refractivity contribution in [3.63, 3.8) is 0 Å². The van der Waals surface area contributed by atoms with Crippen molar-refractivity contribution in [1.29, 1.82) is 0 Å². The third-order valence-electron chi connectivity index (χ3n) is 0.816. The van der Waals surface area contributed by atoms with E-state index in [9.17, 15) is 0 Å². The Labute approximate surface area is 70.7 Å². The third-order valence-corrected chi connectivity index (χ3v) is 0.816. The summed E-state index contributed by atoms with van der Waals surface area (Å²) in [6.45, 7) is 0.933. The topological polar surface area (TPSA) is 101 Å². The highest BCUT2D eigenvalue weighted by atomic mass is 16.4. The predicted octanol–water partition coefficient (Wildman–Crippen LogP) is -1.73. The summed E-state index contributed by atoms with van der Waals surface area (Å²) in [5.41, 5.74) is 0. The first-order valence-corrected chi connectivity index (χ1v) is 3.33. The maximum absolute atomic E-state index is 9.00. The quantitative estimate of drug-likeness (QED) is 0.384. The molecule has 0 aromatic carbocycles. The number of hydrogen-bond donors (Lipinski definition) is 4. The molecule has 0 aliphatic rings. The standard InChI is InChI=1S/C4H11NO3.C2H4O2/c6-2-1-5(3-7)4-8;1-2(3)4/h6-8H,1-4H2;1H3,(H,3,4). The van der Waals surface area contributed by atoms with Crippen LogP contribution in [0.4, 0.5) is 0 Å². The third kappa shape index (κ3) is 16.1. The van der Waals surface area contributed by atoms with Crippen molar-refractivity contribution in [2.45, 2.75) is 6.92 Å². The van der Waals surface area contributed by atoms with Crippen molar-refractivity contribution in [2.75, 3.05) is 26.6 Å². The van der Waals surface area contributed by atoms with Gasteiger partial charge in [-0.15, -0.1) is 0 Å². The predicted molar refractivity (Wildman–Crippen MR) is 41.3 cm³/mol. The molecule has 0 saturated carbocycles. The summed E-state index contributed by atoms with van der Waals surface area (Å²) in [4.78, 5) is 10.3. The van der Waals surface area contributed by atoms with Crippen molar-refractivity contribution in [3.05, 3.63) is 0 Å². The van der Waals surface area contributed by atoms with Crippen LogP contribution in [0.5, 0.6) is 0 Å². The van der Waals surface area contributed by atoms with E-state index >= 15 is 0 Å². The smallest absolute Gasteiger partial charge is 0.300 e. The summed E-state index contributed by atoms with van der Waals surface area (Å²) in [6, 6.07) is 0. The molecule has 0 fully saturated rings. The first-order valence-electron chi connectivity index (χ1n) is 3.33. The molecule has 0 amide bonds. The van der Waals surface area contributed by atoms with Crippen molar-refractivity contribution in [3.8, 4) is 0 Å². The van der Waals surface area contributed by atoms with Gasteiger partial charge < -0.3 is 20.4 Å². The van der Waals surface area contributed by atoms with Gasteiger partial charge in [-0.3, -0.25) is 9.69 Å². The van der Waals surface area contributed by atoms with Gasteiger partial charge in [0.05, 0.1) is 20.1 Å². The molecular formula is C6H15NO5. The van der Waals surface area contributed by atoms with Gasteiger partial charge in [0, 0.05) is 13.5 Å². The Morgan fingerprint density at radius 1 is 1.25 bits per heavy atom. The number of carbonyl (C=O) groups is 1. The normalized spacial score (nSPS) is 9.08. The molecule has 0 atom stereocenters. The maximum atomic E-state index is 9.00. The molecule has 0 aliphatic carbocycles. The van der Waals surface area contributed by atoms with Gasteiger partial charge in [0.2, 0.25) is 0 Å². The second-order valence-electron chi connectivity index (χ2n) is 1.92. The average molecular weight is 181 g/mol. The number of carboxylic acid groups (broad SMARTS) is 1. The van der Waals surface area contributed by atoms with Crippen LogP contribution in [0.2, 0.25) is 0 Å². The van der Waals surface area contributed by atoms with E-state index in [2.05, 4.69) is 0 Å². The summed E-state index contributed by atoms with van der Waals surface area (Å²) >= 11 is 0. The lowest BCUT2D eigenvalue weighted by atomic mass is 10.6. The lowest BCUT2D eigenvalue weighted by Crippen LogP contribution is -2.28. The molecule has 0 radical (unpaired) electrons. The van der Waals surface area contributed by atoms with Crippen LogP contribution in [-0.2, 0) is 4.79 Å². The van der Waals surface area contributed by atoms with E-state index in [0.29, 0.717) is 6.54 Å². The zero-order valence-corrected chi connectivity index (χ0v) is 6.97. The molecule has 0 aliphatic heterocycles. The molecule has 12 heavy (non-hydrogen) atoms. The Balaban J connectivity index is 0. The van der Waals surface area contributed by atoms with E-state index in [1.54, 1.807) is 0 Å². The fourth-order valence-corrected chi connectivity index (χ4v) is 0.328. The molecule has 0 unspecified atom stereocenters. The Morgan fingerprint density at radius 3 is 1.67 bits per heavy atom. The fourth-order valence-electron chi connectivity index (χ4n) is 0.328. The molecule has 6 heteroatoms. The molecule has 0 saturated heterocycles. The molecule has 0 bridgehead atoms. The number of nitrogens with zero attached hydrogens (tertiary/aromatic N) is 1. The monoisotopic (exact) mass is 181 g/mol. The van der Waals surface area contributed by atoms with Crippen LogP contribution >= 0.6 is 0 Å². The molecule has 0 aromatic rings. The Morgan fingerprint density at radius 2 is 1.58 bits per heavy atom. The molecule has 6 nitrogen and oxygen atoms in total. The molecular weight excluding hydrogens is 166 g/mol. The van der Waals surface area contributed by atoms with Gasteiger partial charge >= 0.3 is 0 Å². The zero-order chi connectivity index (χ0) is 9.98. The van der Waals surface area contributed by atoms with Crippen molar-refractivity contribution >= 4 is 5.97 Å². The summed E-state index contributed by atoms with van der Waals surface area (Å²) in [5, 5.41) is 32.3. The molecule has 4 N–H and O–H groups in total. The molecule has 0 rings (SSSR count). The van der Waals surface area contributed by atoms with Gasteiger partial charge in [0.1, 0.15) is 0 Å². The SMILES string of the molecule is CC(=O)O.OCCN(CO)CO. The molecule has 74 valence electrons. The first kappa shape index (κ1) is 13.9. The highest BCUT2D eigenvalue weighted by Crippen LogP contribution is 1.78. The number of hydrogen-bond acceptors (Lipinski definition) is 5. The summed E-state index contributed by atoms with van der Waals surface area (Å²) in [5.74, 6) is -0.833. The minimum Gasteiger partial charge on any atom is -0.481 e. The highest BCUT2D eigenvalue weighted by Gasteiger charge is 1.95. The summed E-state index contributed by atoms with van der Waals surface area (Å²) < 4.78 is 0. The Bertz CT molecular complexity index is 100. The van der Waals surface area contributed by atoms with E-state index in [-0.39, 0.29) is 20.1 Å². The van der Waals surface area contributed by atoms with Crippen LogP contribution in [0.3, 0.4) is 0 Å². The van der Waals surface area contributed by atoms with E-state index in [1.807, 2.05) is 0 Å². The second kappa shape index (κ2) is 10.3. The number of aliphatic hydroxyl groups excluding tert-OH is 3. The van der Waals surface area contributed by atoms with E-state index in [0.717, 1.165) is 6.92 Å². The largest absolute Gasteiger partial charge is 0.481 e. The van der Waals surface area contributed by atoms with Crippen LogP contribution < -0.4 is 0 Å². The average Bonchev–Trinajstić information content (AvgIpc) is 1.99. The zero-order valence-electron chi connectivity index (χ0n) is 6.97. The highest BCUT2D eigenvalue weighted by molar-refractivity contribution is 5.62. The van der Waals surface area contributed by atoms with E-state index in [4.69, 9.17) is 25.2 Å². The van der Waals surface area contributed by atoms with Crippen LogP contribution in [0.15, 0.2) is 0 Å². The minimum absolute atomic E-state index is 0.0406. The van der Waals surface area contributed by atoms with Crippen LogP contribution in [0.25, 0.3) is 0 Å². The molecule has 0 aromatic heterocycles. The van der Waals surface area contributed by atoms with Gasteiger partial charge in [0.15, 0.2) is 0 Å². The summed E-state index contributed by atoms with van der Waals surface area (Å²) in [6.07, 6.45) is 0. The Kier molecular flexibility index (Phi) is 11.9. The lowest BCUT2D eigenvalue weighted by Gasteiger charge is -2.12. The fraction of sp³-hybridized carbons (Fsp3) is 0.833. The van der Waals surface area contributed by atoms with Gasteiger partial charge in [-0.05, 0) is 0 Å². The second-order valence-corrected chi connectivity index (χ2v) is 1.92. The number of rotatable bonds is 4. The molecule has 0 spiro atoms. The van der Waals surface area contributed by atoms with Crippen LogP contribution in [-0.4, -0.2) is 57.9 Å². The van der Waals surface area contributed by atoms with Gasteiger partial charge in [-0.1, -0.05) is 0 Å². The van der Waals surface area contributed by atoms with Gasteiger partial charge in [-0.25, -0.2) is 0 Å². The minimum atomic E-state index is -0.833. The first-order chi connectivity index (χ1) is 5.58. The lowest BCUT2D eigenvalue weighted by molar-refractivity contribution is -0.134. The van der Waals surface area contributed by atoms with E-state index in [1.165, 1.54) is 4.90 Å². The van der Waals surface area contributed by atoms with Gasteiger partial charge in [-0.2, -0.15) is 0 Å².